The lowest BCUT2D eigenvalue weighted by Crippen LogP contribution is -2.44. The van der Waals surface area contributed by atoms with Crippen LogP contribution in [0.2, 0.25) is 0 Å². The van der Waals surface area contributed by atoms with Gasteiger partial charge in [0.05, 0.1) is 5.56 Å². The summed E-state index contributed by atoms with van der Waals surface area (Å²) in [4.78, 5) is 25.6. The summed E-state index contributed by atoms with van der Waals surface area (Å²) in [5.41, 5.74) is -0.113. The van der Waals surface area contributed by atoms with Crippen molar-refractivity contribution in [3.05, 3.63) is 35.4 Å². The fraction of sp³-hybridized carbons (Fsp3) is 0.529. The van der Waals surface area contributed by atoms with E-state index in [0.717, 1.165) is 25.0 Å². The predicted octanol–water partition coefficient (Wildman–Crippen LogP) is 2.59. The molecule has 0 aliphatic carbocycles. The van der Waals surface area contributed by atoms with Crippen molar-refractivity contribution in [2.75, 3.05) is 19.6 Å². The third-order valence-corrected chi connectivity index (χ3v) is 4.06. The van der Waals surface area contributed by atoms with E-state index in [1.807, 2.05) is 13.8 Å². The average molecular weight is 324 g/mol. The lowest BCUT2D eigenvalue weighted by atomic mass is 9.97. The maximum absolute atomic E-state index is 13.8. The normalized spacial score (nSPS) is 18.1. The zero-order chi connectivity index (χ0) is 17.0. The molecule has 6 heteroatoms. The van der Waals surface area contributed by atoms with Crippen molar-refractivity contribution in [2.45, 2.75) is 26.7 Å². The Morgan fingerprint density at radius 2 is 2.09 bits per heavy atom. The zero-order valence-electron chi connectivity index (χ0n) is 13.4. The Morgan fingerprint density at radius 1 is 1.35 bits per heavy atom. The topological polar surface area (TPSA) is 49.4 Å². The number of rotatable bonds is 4. The number of benzene rings is 1. The monoisotopic (exact) mass is 324 g/mol. The minimum absolute atomic E-state index is 0.0157. The second-order valence-electron chi connectivity index (χ2n) is 6.28. The molecule has 126 valence electrons. The van der Waals surface area contributed by atoms with Crippen molar-refractivity contribution in [3.8, 4) is 0 Å². The van der Waals surface area contributed by atoms with E-state index in [1.54, 1.807) is 4.90 Å². The molecule has 1 aromatic rings. The molecule has 1 atom stereocenters. The van der Waals surface area contributed by atoms with E-state index in [-0.39, 0.29) is 23.3 Å². The SMILES string of the molecule is CC(C)C(=O)NCC1CCCN(C(=O)c2ccc(F)cc2F)C1. The highest BCUT2D eigenvalue weighted by Crippen LogP contribution is 2.20. The van der Waals surface area contributed by atoms with E-state index in [9.17, 15) is 18.4 Å². The molecule has 1 N–H and O–H groups in total. The molecule has 23 heavy (non-hydrogen) atoms. The molecule has 1 aliphatic heterocycles. The third kappa shape index (κ3) is 4.50. The number of carbonyl (C=O) groups excluding carboxylic acids is 2. The number of piperidine rings is 1. The maximum atomic E-state index is 13.8. The summed E-state index contributed by atoms with van der Waals surface area (Å²) in [6.45, 7) is 5.16. The molecule has 0 aromatic heterocycles. The maximum Gasteiger partial charge on any atom is 0.256 e. The molecule has 2 rings (SSSR count). The lowest BCUT2D eigenvalue weighted by Gasteiger charge is -2.33. The third-order valence-electron chi connectivity index (χ3n) is 4.06. The van der Waals surface area contributed by atoms with Gasteiger partial charge in [-0.1, -0.05) is 13.8 Å². The van der Waals surface area contributed by atoms with E-state index in [4.69, 9.17) is 0 Å². The van der Waals surface area contributed by atoms with Gasteiger partial charge >= 0.3 is 0 Å². The van der Waals surface area contributed by atoms with Crippen LogP contribution in [0.25, 0.3) is 0 Å². The van der Waals surface area contributed by atoms with Gasteiger partial charge in [0.25, 0.3) is 5.91 Å². The summed E-state index contributed by atoms with van der Waals surface area (Å²) in [6.07, 6.45) is 1.71. The van der Waals surface area contributed by atoms with E-state index in [0.29, 0.717) is 19.6 Å². The summed E-state index contributed by atoms with van der Waals surface area (Å²) in [5.74, 6) is -1.92. The number of nitrogens with one attached hydrogen (secondary N) is 1. The van der Waals surface area contributed by atoms with E-state index in [1.165, 1.54) is 6.07 Å². The molecular weight excluding hydrogens is 302 g/mol. The van der Waals surface area contributed by atoms with Gasteiger partial charge in [0.15, 0.2) is 0 Å². The van der Waals surface area contributed by atoms with Crippen LogP contribution >= 0.6 is 0 Å². The Kier molecular flexibility index (Phi) is 5.69. The smallest absolute Gasteiger partial charge is 0.256 e. The molecular formula is C17H22F2N2O2. The minimum atomic E-state index is -0.842. The van der Waals surface area contributed by atoms with Crippen LogP contribution < -0.4 is 5.32 Å². The molecule has 4 nitrogen and oxygen atoms in total. The minimum Gasteiger partial charge on any atom is -0.356 e. The quantitative estimate of drug-likeness (QED) is 0.925. The Labute approximate surface area is 134 Å². The summed E-state index contributed by atoms with van der Waals surface area (Å²) in [6, 6.07) is 2.98. The Hall–Kier alpha value is -1.98. The van der Waals surface area contributed by atoms with Crippen LogP contribution in [-0.4, -0.2) is 36.3 Å². The van der Waals surface area contributed by atoms with Gasteiger partial charge in [0.1, 0.15) is 11.6 Å². The number of likely N-dealkylation sites (tertiary alicyclic amines) is 1. The van der Waals surface area contributed by atoms with Gasteiger partial charge in [-0.25, -0.2) is 8.78 Å². The van der Waals surface area contributed by atoms with Crippen LogP contribution in [0, 0.1) is 23.5 Å². The molecule has 0 bridgehead atoms. The van der Waals surface area contributed by atoms with Gasteiger partial charge < -0.3 is 10.2 Å². The Morgan fingerprint density at radius 3 is 2.74 bits per heavy atom. The van der Waals surface area contributed by atoms with Gasteiger partial charge in [-0.05, 0) is 30.9 Å². The van der Waals surface area contributed by atoms with Crippen LogP contribution in [-0.2, 0) is 4.79 Å². The molecule has 0 radical (unpaired) electrons. The molecule has 0 spiro atoms. The number of halogens is 2. The number of hydrogen-bond donors (Lipinski definition) is 1. The average Bonchev–Trinajstić information content (AvgIpc) is 2.52. The van der Waals surface area contributed by atoms with Crippen molar-refractivity contribution in [1.29, 1.82) is 0 Å². The number of carbonyl (C=O) groups is 2. The molecule has 2 amide bonds. The van der Waals surface area contributed by atoms with Gasteiger partial charge in [-0.3, -0.25) is 9.59 Å². The van der Waals surface area contributed by atoms with Gasteiger partial charge in [-0.2, -0.15) is 0 Å². The first-order chi connectivity index (χ1) is 10.9. The lowest BCUT2D eigenvalue weighted by molar-refractivity contribution is -0.124. The first kappa shape index (κ1) is 17.4. The van der Waals surface area contributed by atoms with Crippen molar-refractivity contribution in [2.24, 2.45) is 11.8 Å². The number of nitrogens with zero attached hydrogens (tertiary/aromatic N) is 1. The predicted molar refractivity (Wildman–Crippen MR) is 82.8 cm³/mol. The molecule has 1 heterocycles. The fourth-order valence-electron chi connectivity index (χ4n) is 2.70. The first-order valence-electron chi connectivity index (χ1n) is 7.90. The first-order valence-corrected chi connectivity index (χ1v) is 7.90. The molecule has 1 unspecified atom stereocenters. The summed E-state index contributed by atoms with van der Waals surface area (Å²) in [7, 11) is 0. The molecule has 1 aromatic carbocycles. The second-order valence-corrected chi connectivity index (χ2v) is 6.28. The van der Waals surface area contributed by atoms with Crippen LogP contribution in [0.4, 0.5) is 8.78 Å². The van der Waals surface area contributed by atoms with E-state index in [2.05, 4.69) is 5.32 Å². The van der Waals surface area contributed by atoms with Crippen molar-refractivity contribution < 1.29 is 18.4 Å². The molecule has 1 fully saturated rings. The van der Waals surface area contributed by atoms with Crippen molar-refractivity contribution in [1.82, 2.24) is 10.2 Å². The van der Waals surface area contributed by atoms with Gasteiger partial charge in [0.2, 0.25) is 5.91 Å². The summed E-state index contributed by atoms with van der Waals surface area (Å²) >= 11 is 0. The van der Waals surface area contributed by atoms with Gasteiger partial charge in [0, 0.05) is 31.6 Å². The van der Waals surface area contributed by atoms with Crippen LogP contribution in [0.5, 0.6) is 0 Å². The van der Waals surface area contributed by atoms with E-state index < -0.39 is 17.5 Å². The summed E-state index contributed by atoms with van der Waals surface area (Å²) in [5, 5.41) is 2.87. The van der Waals surface area contributed by atoms with Crippen LogP contribution in [0.3, 0.4) is 0 Å². The molecule has 1 saturated heterocycles. The van der Waals surface area contributed by atoms with Crippen molar-refractivity contribution in [3.63, 3.8) is 0 Å². The summed E-state index contributed by atoms with van der Waals surface area (Å²) < 4.78 is 26.7. The number of hydrogen-bond acceptors (Lipinski definition) is 2. The van der Waals surface area contributed by atoms with Gasteiger partial charge in [-0.15, -0.1) is 0 Å². The van der Waals surface area contributed by atoms with Crippen LogP contribution in [0.1, 0.15) is 37.0 Å². The molecule has 1 aliphatic rings. The van der Waals surface area contributed by atoms with Crippen LogP contribution in [0.15, 0.2) is 18.2 Å². The standard InChI is InChI=1S/C17H22F2N2O2/c1-11(2)16(22)20-9-12-4-3-7-21(10-12)17(23)14-6-5-13(18)8-15(14)19/h5-6,8,11-12H,3-4,7,9-10H2,1-2H3,(H,20,22). The highest BCUT2D eigenvalue weighted by molar-refractivity contribution is 5.94. The zero-order valence-corrected chi connectivity index (χ0v) is 13.4. The second kappa shape index (κ2) is 7.53. The largest absolute Gasteiger partial charge is 0.356 e. The Bertz CT molecular complexity index is 590. The number of amides is 2. The molecule has 0 saturated carbocycles. The fourth-order valence-corrected chi connectivity index (χ4v) is 2.70. The highest BCUT2D eigenvalue weighted by Gasteiger charge is 2.26. The highest BCUT2D eigenvalue weighted by atomic mass is 19.1. The van der Waals surface area contributed by atoms with E-state index >= 15 is 0 Å². The Balaban J connectivity index is 1.97. The van der Waals surface area contributed by atoms with Crippen molar-refractivity contribution >= 4 is 11.8 Å².